The molecule has 0 fully saturated rings. The number of carbonyl (C=O) groups excluding carboxylic acids is 2. The largest absolute Gasteiger partial charge is 0.494 e. The zero-order valence-electron chi connectivity index (χ0n) is 19.3. The second-order valence-corrected chi connectivity index (χ2v) is 9.83. The number of aromatic amines is 1. The monoisotopic (exact) mass is 495 g/mol. The fourth-order valence-corrected chi connectivity index (χ4v) is 5.24. The van der Waals surface area contributed by atoms with Crippen LogP contribution in [0.3, 0.4) is 0 Å². The van der Waals surface area contributed by atoms with Crippen molar-refractivity contribution in [1.29, 1.82) is 0 Å². The molecule has 0 saturated heterocycles. The molecule has 0 atom stereocenters. The van der Waals surface area contributed by atoms with E-state index in [0.717, 1.165) is 0 Å². The molecule has 10 heteroatoms. The molecule has 9 nitrogen and oxygen atoms in total. The van der Waals surface area contributed by atoms with Crippen molar-refractivity contribution in [1.82, 2.24) is 4.98 Å². The van der Waals surface area contributed by atoms with E-state index in [2.05, 4.69) is 15.0 Å². The van der Waals surface area contributed by atoms with E-state index in [4.69, 9.17) is 4.74 Å². The highest BCUT2D eigenvalue weighted by Gasteiger charge is 2.23. The van der Waals surface area contributed by atoms with Crippen LogP contribution in [0, 0.1) is 6.92 Å². The number of hydrogen-bond donors (Lipinski definition) is 3. The van der Waals surface area contributed by atoms with Crippen molar-refractivity contribution in [2.45, 2.75) is 38.0 Å². The fourth-order valence-electron chi connectivity index (χ4n) is 3.91. The SMILES string of the molecule is CCOc1ccc(NS(=O)(=O)c2cc(NC(=O)c3cc4c([nH]c3=O)CCCC4=O)ccc2C)cc1. The number of hydrogen-bond acceptors (Lipinski definition) is 6. The summed E-state index contributed by atoms with van der Waals surface area (Å²) in [5.41, 5.74) is 1.08. The van der Waals surface area contributed by atoms with Crippen LogP contribution in [0.25, 0.3) is 0 Å². The summed E-state index contributed by atoms with van der Waals surface area (Å²) in [6, 6.07) is 12.2. The summed E-state index contributed by atoms with van der Waals surface area (Å²) in [7, 11) is -3.97. The van der Waals surface area contributed by atoms with Gasteiger partial charge >= 0.3 is 0 Å². The molecule has 4 rings (SSSR count). The Morgan fingerprint density at radius 2 is 1.74 bits per heavy atom. The molecule has 0 spiro atoms. The van der Waals surface area contributed by atoms with Crippen LogP contribution >= 0.6 is 0 Å². The van der Waals surface area contributed by atoms with Gasteiger partial charge in [-0.25, -0.2) is 8.42 Å². The molecule has 1 amide bonds. The zero-order valence-corrected chi connectivity index (χ0v) is 20.1. The van der Waals surface area contributed by atoms with Gasteiger partial charge in [-0.2, -0.15) is 0 Å². The van der Waals surface area contributed by atoms with Crippen LogP contribution in [-0.2, 0) is 16.4 Å². The maximum Gasteiger partial charge on any atom is 0.262 e. The number of ketones is 1. The molecule has 3 N–H and O–H groups in total. The van der Waals surface area contributed by atoms with Gasteiger partial charge in [0.25, 0.3) is 21.5 Å². The molecule has 182 valence electrons. The van der Waals surface area contributed by atoms with E-state index in [1.54, 1.807) is 43.3 Å². The Kier molecular flexibility index (Phi) is 6.74. The predicted molar refractivity (Wildman–Crippen MR) is 132 cm³/mol. The highest BCUT2D eigenvalue weighted by atomic mass is 32.2. The lowest BCUT2D eigenvalue weighted by molar-refractivity contribution is 0.0971. The van der Waals surface area contributed by atoms with Crippen molar-refractivity contribution in [2.24, 2.45) is 0 Å². The van der Waals surface area contributed by atoms with Gasteiger partial charge < -0.3 is 15.0 Å². The summed E-state index contributed by atoms with van der Waals surface area (Å²) < 4.78 is 34.0. The van der Waals surface area contributed by atoms with E-state index in [0.29, 0.717) is 54.1 Å². The first-order chi connectivity index (χ1) is 16.7. The fraction of sp³-hybridized carbons (Fsp3) is 0.240. The summed E-state index contributed by atoms with van der Waals surface area (Å²) in [5.74, 6) is -0.241. The number of nitrogens with one attached hydrogen (secondary N) is 3. The molecule has 0 unspecified atom stereocenters. The molecule has 2 aromatic carbocycles. The average Bonchev–Trinajstić information content (AvgIpc) is 2.81. The van der Waals surface area contributed by atoms with Gasteiger partial charge in [0.2, 0.25) is 0 Å². The van der Waals surface area contributed by atoms with Crippen LogP contribution in [-0.4, -0.2) is 31.7 Å². The van der Waals surface area contributed by atoms with Gasteiger partial charge in [-0.3, -0.25) is 19.1 Å². The summed E-state index contributed by atoms with van der Waals surface area (Å²) in [5, 5.41) is 2.57. The summed E-state index contributed by atoms with van der Waals surface area (Å²) in [6.07, 6.45) is 1.58. The van der Waals surface area contributed by atoms with Crippen molar-refractivity contribution in [3.63, 3.8) is 0 Å². The Morgan fingerprint density at radius 3 is 2.46 bits per heavy atom. The third-order valence-corrected chi connectivity index (χ3v) is 7.17. The number of benzene rings is 2. The van der Waals surface area contributed by atoms with Gasteiger partial charge in [0, 0.05) is 29.1 Å². The second-order valence-electron chi connectivity index (χ2n) is 8.18. The number of aryl methyl sites for hydroxylation is 2. The second kappa shape index (κ2) is 9.75. The van der Waals surface area contributed by atoms with Gasteiger partial charge in [-0.1, -0.05) is 6.07 Å². The quantitative estimate of drug-likeness (QED) is 0.458. The third kappa shape index (κ3) is 5.27. The number of anilines is 2. The normalized spacial score (nSPS) is 13.1. The lowest BCUT2D eigenvalue weighted by Crippen LogP contribution is -2.27. The average molecular weight is 496 g/mol. The minimum atomic E-state index is -3.97. The number of fused-ring (bicyclic) bond motifs is 1. The molecule has 35 heavy (non-hydrogen) atoms. The summed E-state index contributed by atoms with van der Waals surface area (Å²) in [4.78, 5) is 40.1. The number of aromatic nitrogens is 1. The van der Waals surface area contributed by atoms with Crippen molar-refractivity contribution < 1.29 is 22.7 Å². The zero-order chi connectivity index (χ0) is 25.2. The molecular formula is C25H25N3O6S. The number of amides is 1. The smallest absolute Gasteiger partial charge is 0.262 e. The lowest BCUT2D eigenvalue weighted by Gasteiger charge is -2.15. The van der Waals surface area contributed by atoms with Crippen LogP contribution < -0.4 is 20.3 Å². The number of Topliss-reactive ketones (excluding diaryl/α,β-unsaturated/α-hetero) is 1. The molecule has 3 aromatic rings. The number of carbonyl (C=O) groups is 2. The van der Waals surface area contributed by atoms with Crippen molar-refractivity contribution >= 4 is 33.1 Å². The Hall–Kier alpha value is -3.92. The van der Waals surface area contributed by atoms with Crippen LogP contribution in [0.2, 0.25) is 0 Å². The van der Waals surface area contributed by atoms with Crippen molar-refractivity contribution in [3.05, 3.63) is 81.3 Å². The van der Waals surface area contributed by atoms with E-state index in [1.165, 1.54) is 12.1 Å². The van der Waals surface area contributed by atoms with E-state index < -0.39 is 21.5 Å². The maximum absolute atomic E-state index is 13.0. The van der Waals surface area contributed by atoms with Crippen LogP contribution in [0.4, 0.5) is 11.4 Å². The molecule has 0 bridgehead atoms. The number of H-pyrrole nitrogens is 1. The Morgan fingerprint density at radius 1 is 1.03 bits per heavy atom. The van der Waals surface area contributed by atoms with Crippen molar-refractivity contribution in [3.8, 4) is 5.75 Å². The van der Waals surface area contributed by atoms with E-state index >= 15 is 0 Å². The lowest BCUT2D eigenvalue weighted by atomic mass is 9.93. The van der Waals surface area contributed by atoms with Crippen LogP contribution in [0.15, 0.2) is 58.2 Å². The number of pyridine rings is 1. The summed E-state index contributed by atoms with van der Waals surface area (Å²) >= 11 is 0. The number of sulfonamides is 1. The minimum absolute atomic E-state index is 0.0290. The molecular weight excluding hydrogens is 470 g/mol. The molecule has 0 radical (unpaired) electrons. The number of ether oxygens (including phenoxy) is 1. The van der Waals surface area contributed by atoms with E-state index in [1.807, 2.05) is 6.92 Å². The Bertz CT molecular complexity index is 1460. The first-order valence-electron chi connectivity index (χ1n) is 11.1. The predicted octanol–water partition coefficient (Wildman–Crippen LogP) is 3.65. The molecule has 1 aromatic heterocycles. The van der Waals surface area contributed by atoms with Crippen molar-refractivity contribution in [2.75, 3.05) is 16.6 Å². The summed E-state index contributed by atoms with van der Waals surface area (Å²) in [6.45, 7) is 3.99. The molecule has 1 aliphatic rings. The van der Waals surface area contributed by atoms with E-state index in [9.17, 15) is 22.8 Å². The standard InChI is InChI=1S/C25H25N3O6S/c1-3-34-18-11-9-16(10-12-18)28-35(32,33)23-13-17(8-7-15(23)2)26-24(30)20-14-19-21(27-25(20)31)5-4-6-22(19)29/h7-14,28H,3-6H2,1-2H3,(H,26,30)(H,27,31). The first-order valence-corrected chi connectivity index (χ1v) is 12.6. The van der Waals surface area contributed by atoms with Gasteiger partial charge in [-0.15, -0.1) is 0 Å². The van der Waals surface area contributed by atoms with Crippen LogP contribution in [0.1, 0.15) is 51.7 Å². The Balaban J connectivity index is 1.57. The van der Waals surface area contributed by atoms with Crippen LogP contribution in [0.5, 0.6) is 5.75 Å². The van der Waals surface area contributed by atoms with Gasteiger partial charge in [0.1, 0.15) is 11.3 Å². The first kappa shape index (κ1) is 24.2. The topological polar surface area (TPSA) is 134 Å². The molecule has 1 heterocycles. The number of rotatable bonds is 7. The maximum atomic E-state index is 13.0. The molecule has 1 aliphatic carbocycles. The van der Waals surface area contributed by atoms with E-state index in [-0.39, 0.29) is 21.9 Å². The molecule has 0 aliphatic heterocycles. The van der Waals surface area contributed by atoms with Gasteiger partial charge in [0.15, 0.2) is 5.78 Å². The highest BCUT2D eigenvalue weighted by molar-refractivity contribution is 7.92. The minimum Gasteiger partial charge on any atom is -0.494 e. The van der Waals surface area contributed by atoms with Gasteiger partial charge in [0.05, 0.1) is 11.5 Å². The highest BCUT2D eigenvalue weighted by Crippen LogP contribution is 2.25. The van der Waals surface area contributed by atoms with Gasteiger partial charge in [-0.05, 0) is 74.7 Å². The Labute approximate surface area is 202 Å². The molecule has 0 saturated carbocycles. The third-order valence-electron chi connectivity index (χ3n) is 5.65.